The van der Waals surface area contributed by atoms with Gasteiger partial charge in [0.25, 0.3) is 0 Å². The lowest BCUT2D eigenvalue weighted by atomic mass is 9.86. The van der Waals surface area contributed by atoms with Crippen LogP contribution in [0.4, 0.5) is 18.9 Å². The highest BCUT2D eigenvalue weighted by molar-refractivity contribution is 5.47. The molecule has 2 unspecified atom stereocenters. The van der Waals surface area contributed by atoms with Crippen molar-refractivity contribution in [3.8, 4) is 0 Å². The van der Waals surface area contributed by atoms with Crippen LogP contribution >= 0.6 is 0 Å². The first kappa shape index (κ1) is 13.2. The third-order valence-electron chi connectivity index (χ3n) is 3.65. The van der Waals surface area contributed by atoms with Gasteiger partial charge in [0.15, 0.2) is 0 Å². The van der Waals surface area contributed by atoms with Crippen molar-refractivity contribution < 1.29 is 13.2 Å². The Hall–Kier alpha value is -1.19. The van der Waals surface area contributed by atoms with Gasteiger partial charge in [-0.2, -0.15) is 13.2 Å². The molecule has 1 N–H and O–H groups in total. The van der Waals surface area contributed by atoms with Crippen LogP contribution in [0.15, 0.2) is 24.3 Å². The Balaban J connectivity index is 2.09. The molecule has 0 amide bonds. The second-order valence-electron chi connectivity index (χ2n) is 5.09. The first-order valence-corrected chi connectivity index (χ1v) is 6.40. The monoisotopic (exact) mass is 257 g/mol. The molecule has 2 rings (SSSR count). The van der Waals surface area contributed by atoms with E-state index in [-0.39, 0.29) is 0 Å². The van der Waals surface area contributed by atoms with E-state index in [1.165, 1.54) is 18.6 Å². The number of nitrogens with one attached hydrogen (secondary N) is 1. The largest absolute Gasteiger partial charge is 0.416 e. The number of hydrogen-bond acceptors (Lipinski definition) is 1. The number of rotatable bonds is 2. The lowest BCUT2D eigenvalue weighted by Crippen LogP contribution is -2.30. The van der Waals surface area contributed by atoms with E-state index in [2.05, 4.69) is 12.2 Å². The molecule has 0 aromatic heterocycles. The Morgan fingerprint density at radius 1 is 1.17 bits per heavy atom. The molecule has 1 saturated carbocycles. The van der Waals surface area contributed by atoms with Crippen LogP contribution in [0, 0.1) is 5.92 Å². The highest BCUT2D eigenvalue weighted by Crippen LogP contribution is 2.32. The average molecular weight is 257 g/mol. The number of alkyl halides is 3. The number of halogens is 3. The van der Waals surface area contributed by atoms with Gasteiger partial charge in [-0.1, -0.05) is 25.8 Å². The van der Waals surface area contributed by atoms with E-state index in [1.54, 1.807) is 6.07 Å². The first-order chi connectivity index (χ1) is 8.47. The molecule has 18 heavy (non-hydrogen) atoms. The van der Waals surface area contributed by atoms with E-state index >= 15 is 0 Å². The summed E-state index contributed by atoms with van der Waals surface area (Å²) >= 11 is 0. The van der Waals surface area contributed by atoms with Crippen molar-refractivity contribution >= 4 is 5.69 Å². The predicted octanol–water partition coefficient (Wildman–Crippen LogP) is 4.70. The zero-order valence-electron chi connectivity index (χ0n) is 10.4. The summed E-state index contributed by atoms with van der Waals surface area (Å²) in [6.45, 7) is 2.16. The molecule has 1 nitrogen and oxygen atoms in total. The zero-order chi connectivity index (χ0) is 13.2. The van der Waals surface area contributed by atoms with Crippen LogP contribution in [0.5, 0.6) is 0 Å². The molecule has 100 valence electrons. The molecule has 1 aromatic rings. The maximum Gasteiger partial charge on any atom is 0.416 e. The summed E-state index contributed by atoms with van der Waals surface area (Å²) in [6, 6.07) is 5.76. The smallest absolute Gasteiger partial charge is 0.382 e. The average Bonchev–Trinajstić information content (AvgIpc) is 2.31. The Bertz CT molecular complexity index is 400. The fraction of sp³-hybridized carbons (Fsp3) is 0.571. The van der Waals surface area contributed by atoms with E-state index in [4.69, 9.17) is 0 Å². The second kappa shape index (κ2) is 5.21. The molecule has 0 heterocycles. The third-order valence-corrected chi connectivity index (χ3v) is 3.65. The van der Waals surface area contributed by atoms with Gasteiger partial charge in [-0.3, -0.25) is 0 Å². The maximum atomic E-state index is 12.6. The van der Waals surface area contributed by atoms with E-state index in [0.29, 0.717) is 17.6 Å². The standard InChI is InChI=1S/C14H18F3N/c1-10-5-2-3-8-13(10)18-12-7-4-6-11(9-12)14(15,16)17/h4,6-7,9-10,13,18H,2-3,5,8H2,1H3. The molecular weight excluding hydrogens is 239 g/mol. The topological polar surface area (TPSA) is 12.0 Å². The van der Waals surface area contributed by atoms with Gasteiger partial charge < -0.3 is 5.32 Å². The summed E-state index contributed by atoms with van der Waals surface area (Å²) in [4.78, 5) is 0. The minimum Gasteiger partial charge on any atom is -0.382 e. The minimum absolute atomic E-state index is 0.294. The maximum absolute atomic E-state index is 12.6. The predicted molar refractivity (Wildman–Crippen MR) is 66.5 cm³/mol. The van der Waals surface area contributed by atoms with Crippen molar-refractivity contribution in [3.63, 3.8) is 0 Å². The van der Waals surface area contributed by atoms with Crippen molar-refractivity contribution in [2.45, 2.75) is 44.8 Å². The SMILES string of the molecule is CC1CCCCC1Nc1cccc(C(F)(F)F)c1. The summed E-state index contributed by atoms with van der Waals surface area (Å²) in [7, 11) is 0. The summed E-state index contributed by atoms with van der Waals surface area (Å²) in [5.41, 5.74) is -0.0143. The molecule has 1 aliphatic carbocycles. The molecule has 2 atom stereocenters. The van der Waals surface area contributed by atoms with Crippen molar-refractivity contribution in [3.05, 3.63) is 29.8 Å². The Labute approximate surface area is 105 Å². The fourth-order valence-corrected chi connectivity index (χ4v) is 2.53. The summed E-state index contributed by atoms with van der Waals surface area (Å²) in [6.07, 6.45) is 0.298. The van der Waals surface area contributed by atoms with Crippen molar-refractivity contribution in [1.82, 2.24) is 0 Å². The summed E-state index contributed by atoms with van der Waals surface area (Å²) < 4.78 is 37.8. The summed E-state index contributed by atoms with van der Waals surface area (Å²) in [5.74, 6) is 0.522. The van der Waals surface area contributed by atoms with Crippen LogP contribution in [0.3, 0.4) is 0 Å². The third kappa shape index (κ3) is 3.18. The molecule has 0 aliphatic heterocycles. The van der Waals surface area contributed by atoms with Gasteiger partial charge in [-0.05, 0) is 37.0 Å². The van der Waals surface area contributed by atoms with Crippen molar-refractivity contribution in [1.29, 1.82) is 0 Å². The van der Waals surface area contributed by atoms with E-state index < -0.39 is 11.7 Å². The molecule has 4 heteroatoms. The van der Waals surface area contributed by atoms with Gasteiger partial charge in [-0.25, -0.2) is 0 Å². The highest BCUT2D eigenvalue weighted by atomic mass is 19.4. The zero-order valence-corrected chi connectivity index (χ0v) is 10.4. The van der Waals surface area contributed by atoms with Crippen LogP contribution < -0.4 is 5.32 Å². The highest BCUT2D eigenvalue weighted by Gasteiger charge is 2.30. The van der Waals surface area contributed by atoms with Crippen molar-refractivity contribution in [2.75, 3.05) is 5.32 Å². The van der Waals surface area contributed by atoms with Gasteiger partial charge in [0.2, 0.25) is 0 Å². The van der Waals surface area contributed by atoms with Crippen LogP contribution in [-0.2, 0) is 6.18 Å². The van der Waals surface area contributed by atoms with E-state index in [9.17, 15) is 13.2 Å². The van der Waals surface area contributed by atoms with E-state index in [0.717, 1.165) is 25.3 Å². The second-order valence-corrected chi connectivity index (χ2v) is 5.09. The lowest BCUT2D eigenvalue weighted by molar-refractivity contribution is -0.137. The number of benzene rings is 1. The van der Waals surface area contributed by atoms with Gasteiger partial charge in [0.05, 0.1) is 5.56 Å². The van der Waals surface area contributed by atoms with Crippen molar-refractivity contribution in [2.24, 2.45) is 5.92 Å². The molecule has 1 fully saturated rings. The molecule has 0 radical (unpaired) electrons. The van der Waals surface area contributed by atoms with Gasteiger partial charge in [0.1, 0.15) is 0 Å². The first-order valence-electron chi connectivity index (χ1n) is 6.40. The quantitative estimate of drug-likeness (QED) is 0.810. The van der Waals surface area contributed by atoms with Gasteiger partial charge >= 0.3 is 6.18 Å². The van der Waals surface area contributed by atoms with Crippen LogP contribution in [0.2, 0.25) is 0 Å². The Kier molecular flexibility index (Phi) is 3.83. The molecular formula is C14H18F3N. The molecule has 0 saturated heterocycles. The fourth-order valence-electron chi connectivity index (χ4n) is 2.53. The van der Waals surface area contributed by atoms with Crippen LogP contribution in [0.1, 0.15) is 38.2 Å². The molecule has 1 aromatic carbocycles. The Morgan fingerprint density at radius 3 is 2.56 bits per heavy atom. The van der Waals surface area contributed by atoms with Crippen LogP contribution in [0.25, 0.3) is 0 Å². The number of hydrogen-bond donors (Lipinski definition) is 1. The van der Waals surface area contributed by atoms with Gasteiger partial charge in [0, 0.05) is 11.7 Å². The minimum atomic E-state index is -4.27. The molecule has 1 aliphatic rings. The number of anilines is 1. The Morgan fingerprint density at radius 2 is 1.89 bits per heavy atom. The van der Waals surface area contributed by atoms with Crippen LogP contribution in [-0.4, -0.2) is 6.04 Å². The molecule has 0 bridgehead atoms. The summed E-state index contributed by atoms with van der Waals surface area (Å²) in [5, 5.41) is 3.24. The molecule has 0 spiro atoms. The normalized spacial score (nSPS) is 24.9. The van der Waals surface area contributed by atoms with Gasteiger partial charge in [-0.15, -0.1) is 0 Å². The van der Waals surface area contributed by atoms with E-state index in [1.807, 2.05) is 0 Å². The lowest BCUT2D eigenvalue weighted by Gasteiger charge is -2.30.